The zero-order valence-electron chi connectivity index (χ0n) is 7.73. The fraction of sp³-hybridized carbons (Fsp3) is 0.500. The van der Waals surface area contributed by atoms with Crippen LogP contribution in [0.3, 0.4) is 0 Å². The van der Waals surface area contributed by atoms with E-state index in [9.17, 15) is 4.79 Å². The van der Waals surface area contributed by atoms with Gasteiger partial charge >= 0.3 is 5.97 Å². The van der Waals surface area contributed by atoms with Crippen molar-refractivity contribution in [1.82, 2.24) is 0 Å². The van der Waals surface area contributed by atoms with Gasteiger partial charge in [-0.1, -0.05) is 0 Å². The Morgan fingerprint density at radius 1 is 1.57 bits per heavy atom. The van der Waals surface area contributed by atoms with E-state index in [4.69, 9.17) is 14.3 Å². The molecule has 1 saturated carbocycles. The summed E-state index contributed by atoms with van der Waals surface area (Å²) in [5.41, 5.74) is 0. The zero-order valence-corrected chi connectivity index (χ0v) is 7.73. The van der Waals surface area contributed by atoms with Crippen LogP contribution in [-0.2, 0) is 11.3 Å². The summed E-state index contributed by atoms with van der Waals surface area (Å²) in [6.45, 7) is 1.12. The number of rotatable bonds is 5. The third kappa shape index (κ3) is 2.35. The van der Waals surface area contributed by atoms with Crippen LogP contribution in [0.2, 0.25) is 0 Å². The Bertz CT molecular complexity index is 325. The Hall–Kier alpha value is -1.29. The van der Waals surface area contributed by atoms with Crippen LogP contribution in [0.5, 0.6) is 0 Å². The molecule has 1 fully saturated rings. The topological polar surface area (TPSA) is 59.7 Å². The lowest BCUT2D eigenvalue weighted by Gasteiger charge is -1.98. The Kier molecular flexibility index (Phi) is 2.54. The first-order valence-electron chi connectivity index (χ1n) is 4.65. The lowest BCUT2D eigenvalue weighted by atomic mass is 10.4. The van der Waals surface area contributed by atoms with Crippen molar-refractivity contribution in [2.24, 2.45) is 5.92 Å². The van der Waals surface area contributed by atoms with E-state index in [0.717, 1.165) is 6.61 Å². The van der Waals surface area contributed by atoms with Gasteiger partial charge in [0.05, 0.1) is 0 Å². The number of carboxylic acid groups (broad SMARTS) is 1. The maximum atomic E-state index is 10.5. The van der Waals surface area contributed by atoms with E-state index >= 15 is 0 Å². The molecule has 2 rings (SSSR count). The monoisotopic (exact) mass is 196 g/mol. The van der Waals surface area contributed by atoms with E-state index < -0.39 is 5.97 Å². The van der Waals surface area contributed by atoms with E-state index in [-0.39, 0.29) is 5.76 Å². The van der Waals surface area contributed by atoms with Crippen LogP contribution in [0.1, 0.15) is 29.2 Å². The van der Waals surface area contributed by atoms with E-state index in [1.54, 1.807) is 6.07 Å². The maximum Gasteiger partial charge on any atom is 0.371 e. The molecular formula is C10H12O4. The molecule has 14 heavy (non-hydrogen) atoms. The quantitative estimate of drug-likeness (QED) is 0.781. The molecule has 1 heterocycles. The van der Waals surface area contributed by atoms with Gasteiger partial charge in [0.2, 0.25) is 5.76 Å². The third-order valence-electron chi connectivity index (χ3n) is 2.17. The van der Waals surface area contributed by atoms with Gasteiger partial charge in [0, 0.05) is 6.61 Å². The van der Waals surface area contributed by atoms with Crippen molar-refractivity contribution in [3.63, 3.8) is 0 Å². The highest BCUT2D eigenvalue weighted by molar-refractivity contribution is 5.84. The minimum Gasteiger partial charge on any atom is -0.475 e. The van der Waals surface area contributed by atoms with Gasteiger partial charge in [-0.15, -0.1) is 0 Å². The molecule has 0 atom stereocenters. The minimum atomic E-state index is -1.04. The van der Waals surface area contributed by atoms with Gasteiger partial charge in [0.15, 0.2) is 0 Å². The molecule has 1 aromatic heterocycles. The zero-order chi connectivity index (χ0) is 9.97. The Balaban J connectivity index is 1.79. The number of furan rings is 1. The summed E-state index contributed by atoms with van der Waals surface area (Å²) in [7, 11) is 0. The van der Waals surface area contributed by atoms with Crippen LogP contribution in [0.4, 0.5) is 0 Å². The lowest BCUT2D eigenvalue weighted by molar-refractivity contribution is 0.0644. The summed E-state index contributed by atoms with van der Waals surface area (Å²) in [5.74, 6) is 0.209. The summed E-state index contributed by atoms with van der Waals surface area (Å²) >= 11 is 0. The second-order valence-electron chi connectivity index (χ2n) is 3.53. The molecule has 0 bridgehead atoms. The highest BCUT2D eigenvalue weighted by atomic mass is 16.5. The number of ether oxygens (including phenoxy) is 1. The predicted octanol–water partition coefficient (Wildman–Crippen LogP) is 1.90. The van der Waals surface area contributed by atoms with Gasteiger partial charge in [-0.05, 0) is 30.9 Å². The first kappa shape index (κ1) is 9.27. The van der Waals surface area contributed by atoms with Gasteiger partial charge in [-0.25, -0.2) is 4.79 Å². The van der Waals surface area contributed by atoms with Crippen molar-refractivity contribution in [3.8, 4) is 0 Å². The molecule has 1 aliphatic carbocycles. The number of hydrogen-bond donors (Lipinski definition) is 1. The average molecular weight is 196 g/mol. The molecule has 4 heteroatoms. The Labute approximate surface area is 81.5 Å². The molecule has 0 spiro atoms. The molecule has 0 saturated heterocycles. The minimum absolute atomic E-state index is 0.0324. The molecule has 1 aliphatic rings. The number of carbonyl (C=O) groups is 1. The fourth-order valence-electron chi connectivity index (χ4n) is 1.18. The molecule has 0 unspecified atom stereocenters. The largest absolute Gasteiger partial charge is 0.475 e. The van der Waals surface area contributed by atoms with Gasteiger partial charge in [-0.3, -0.25) is 0 Å². The molecular weight excluding hydrogens is 184 g/mol. The first-order chi connectivity index (χ1) is 6.75. The molecule has 0 aromatic carbocycles. The van der Waals surface area contributed by atoms with Gasteiger partial charge in [-0.2, -0.15) is 0 Å². The summed E-state index contributed by atoms with van der Waals surface area (Å²) in [6, 6.07) is 3.08. The lowest BCUT2D eigenvalue weighted by Crippen LogP contribution is -1.96. The first-order valence-corrected chi connectivity index (χ1v) is 4.65. The third-order valence-corrected chi connectivity index (χ3v) is 2.17. The highest BCUT2D eigenvalue weighted by Crippen LogP contribution is 2.29. The molecule has 0 radical (unpaired) electrons. The van der Waals surface area contributed by atoms with Gasteiger partial charge in [0.25, 0.3) is 0 Å². The fourth-order valence-corrected chi connectivity index (χ4v) is 1.18. The second-order valence-corrected chi connectivity index (χ2v) is 3.53. The SMILES string of the molecule is O=C(O)c1ccc(COCC2CC2)o1. The molecule has 1 aromatic rings. The van der Waals surface area contributed by atoms with E-state index in [1.807, 2.05) is 0 Å². The highest BCUT2D eigenvalue weighted by Gasteiger charge is 2.21. The van der Waals surface area contributed by atoms with Crippen molar-refractivity contribution >= 4 is 5.97 Å². The summed E-state index contributed by atoms with van der Waals surface area (Å²) in [5, 5.41) is 8.59. The van der Waals surface area contributed by atoms with E-state index in [1.165, 1.54) is 18.9 Å². The molecule has 76 valence electrons. The van der Waals surface area contributed by atoms with Crippen LogP contribution >= 0.6 is 0 Å². The predicted molar refractivity (Wildman–Crippen MR) is 48.0 cm³/mol. The normalized spacial score (nSPS) is 15.7. The molecule has 1 N–H and O–H groups in total. The van der Waals surface area contributed by atoms with Crippen molar-refractivity contribution < 1.29 is 19.1 Å². The van der Waals surface area contributed by atoms with Crippen LogP contribution in [-0.4, -0.2) is 17.7 Å². The summed E-state index contributed by atoms with van der Waals surface area (Å²) in [4.78, 5) is 10.5. The van der Waals surface area contributed by atoms with E-state index in [0.29, 0.717) is 18.3 Å². The summed E-state index contributed by atoms with van der Waals surface area (Å²) in [6.07, 6.45) is 2.50. The average Bonchev–Trinajstić information content (AvgIpc) is 2.82. The van der Waals surface area contributed by atoms with Crippen molar-refractivity contribution in [3.05, 3.63) is 23.7 Å². The summed E-state index contributed by atoms with van der Waals surface area (Å²) < 4.78 is 10.4. The molecule has 4 nitrogen and oxygen atoms in total. The standard InChI is InChI=1S/C10H12O4/c11-10(12)9-4-3-8(14-9)6-13-5-7-1-2-7/h3-4,7H,1-2,5-6H2,(H,11,12). The van der Waals surface area contributed by atoms with Crippen LogP contribution in [0, 0.1) is 5.92 Å². The maximum absolute atomic E-state index is 10.5. The Morgan fingerprint density at radius 3 is 2.93 bits per heavy atom. The smallest absolute Gasteiger partial charge is 0.371 e. The molecule has 0 aliphatic heterocycles. The van der Waals surface area contributed by atoms with E-state index in [2.05, 4.69) is 0 Å². The van der Waals surface area contributed by atoms with Crippen LogP contribution in [0.25, 0.3) is 0 Å². The van der Waals surface area contributed by atoms with Gasteiger partial charge in [0.1, 0.15) is 12.4 Å². The van der Waals surface area contributed by atoms with Crippen LogP contribution < -0.4 is 0 Å². The van der Waals surface area contributed by atoms with Crippen molar-refractivity contribution in [2.45, 2.75) is 19.4 Å². The van der Waals surface area contributed by atoms with Crippen molar-refractivity contribution in [2.75, 3.05) is 6.61 Å². The van der Waals surface area contributed by atoms with Gasteiger partial charge < -0.3 is 14.3 Å². The van der Waals surface area contributed by atoms with Crippen LogP contribution in [0.15, 0.2) is 16.5 Å². The number of hydrogen-bond acceptors (Lipinski definition) is 3. The second kappa shape index (κ2) is 3.84. The number of aromatic carboxylic acids is 1. The molecule has 0 amide bonds. The Morgan fingerprint density at radius 2 is 2.36 bits per heavy atom. The van der Waals surface area contributed by atoms with Crippen molar-refractivity contribution in [1.29, 1.82) is 0 Å². The number of carboxylic acids is 1.